The predicted octanol–water partition coefficient (Wildman–Crippen LogP) is 2.28. The largest absolute Gasteiger partial charge is 0.342 e. The average Bonchev–Trinajstić information content (AvgIpc) is 2.38. The summed E-state index contributed by atoms with van der Waals surface area (Å²) in [5.41, 5.74) is 0.847. The molecule has 0 spiro atoms. The smallest absolute Gasteiger partial charge is 0.226 e. The molecule has 1 amide bonds. The van der Waals surface area contributed by atoms with Crippen LogP contribution in [0.3, 0.4) is 0 Å². The number of amides is 1. The molecule has 1 aromatic rings. The first-order chi connectivity index (χ1) is 9.38. The van der Waals surface area contributed by atoms with E-state index in [4.69, 9.17) is 0 Å². The van der Waals surface area contributed by atoms with Gasteiger partial charge in [0.15, 0.2) is 9.84 Å². The van der Waals surface area contributed by atoms with Crippen LogP contribution in [0.5, 0.6) is 0 Å². The van der Waals surface area contributed by atoms with E-state index in [9.17, 15) is 13.2 Å². The Balaban J connectivity index is 2.75. The van der Waals surface area contributed by atoms with Gasteiger partial charge in [-0.25, -0.2) is 8.42 Å². The topological polar surface area (TPSA) is 54.5 Å². The molecule has 0 unspecified atom stereocenters. The molecule has 0 fully saturated rings. The van der Waals surface area contributed by atoms with Gasteiger partial charge in [-0.1, -0.05) is 26.0 Å². The van der Waals surface area contributed by atoms with Crippen molar-refractivity contribution in [2.24, 2.45) is 0 Å². The highest BCUT2D eigenvalue weighted by atomic mass is 32.2. The highest BCUT2D eigenvalue weighted by Gasteiger charge is 2.13. The molecule has 112 valence electrons. The fourth-order valence-electron chi connectivity index (χ4n) is 2.04. The number of hydrogen-bond donors (Lipinski definition) is 0. The summed E-state index contributed by atoms with van der Waals surface area (Å²) < 4.78 is 22.7. The van der Waals surface area contributed by atoms with E-state index >= 15 is 0 Å². The van der Waals surface area contributed by atoms with Crippen molar-refractivity contribution in [3.05, 3.63) is 29.8 Å². The minimum absolute atomic E-state index is 0.0980. The Kier molecular flexibility index (Phi) is 6.20. The Bertz CT molecular complexity index is 529. The Morgan fingerprint density at radius 3 is 1.95 bits per heavy atom. The maximum Gasteiger partial charge on any atom is 0.226 e. The summed E-state index contributed by atoms with van der Waals surface area (Å²) in [7, 11) is -3.18. The molecule has 0 atom stereocenters. The Morgan fingerprint density at radius 1 is 1.05 bits per heavy atom. The van der Waals surface area contributed by atoms with Gasteiger partial charge in [0.05, 0.1) is 11.3 Å². The quantitative estimate of drug-likeness (QED) is 0.776. The van der Waals surface area contributed by atoms with Crippen molar-refractivity contribution < 1.29 is 13.2 Å². The van der Waals surface area contributed by atoms with E-state index in [1.807, 2.05) is 4.90 Å². The van der Waals surface area contributed by atoms with E-state index in [2.05, 4.69) is 13.8 Å². The third kappa shape index (κ3) is 4.96. The Labute approximate surface area is 121 Å². The summed E-state index contributed by atoms with van der Waals surface area (Å²) in [6.45, 7) is 5.65. The zero-order valence-corrected chi connectivity index (χ0v) is 13.2. The first-order valence-electron chi connectivity index (χ1n) is 6.95. The molecule has 0 saturated heterocycles. The molecule has 0 aliphatic rings. The minimum atomic E-state index is -3.18. The van der Waals surface area contributed by atoms with Crippen molar-refractivity contribution in [3.8, 4) is 0 Å². The Hall–Kier alpha value is -1.36. The second-order valence-corrected chi connectivity index (χ2v) is 6.99. The number of benzene rings is 1. The van der Waals surface area contributed by atoms with Gasteiger partial charge < -0.3 is 4.90 Å². The number of hydrogen-bond acceptors (Lipinski definition) is 3. The van der Waals surface area contributed by atoms with Crippen LogP contribution in [0.1, 0.15) is 32.3 Å². The van der Waals surface area contributed by atoms with E-state index in [1.54, 1.807) is 24.3 Å². The van der Waals surface area contributed by atoms with Crippen LogP contribution in [0, 0.1) is 0 Å². The number of carbonyl (C=O) groups is 1. The first-order valence-corrected chi connectivity index (χ1v) is 8.84. The van der Waals surface area contributed by atoms with Crippen molar-refractivity contribution in [1.82, 2.24) is 4.90 Å². The second kappa shape index (κ2) is 7.43. The van der Waals surface area contributed by atoms with E-state index in [0.29, 0.717) is 6.42 Å². The second-order valence-electron chi connectivity index (χ2n) is 4.97. The van der Waals surface area contributed by atoms with Crippen LogP contribution < -0.4 is 0 Å². The molecule has 0 N–H and O–H groups in total. The number of nitrogens with zero attached hydrogens (tertiary/aromatic N) is 1. The van der Waals surface area contributed by atoms with Crippen molar-refractivity contribution in [2.45, 2.75) is 38.0 Å². The van der Waals surface area contributed by atoms with Crippen LogP contribution in [0.15, 0.2) is 29.2 Å². The lowest BCUT2D eigenvalue weighted by molar-refractivity contribution is -0.130. The molecule has 5 heteroatoms. The van der Waals surface area contributed by atoms with Gasteiger partial charge in [-0.3, -0.25) is 4.79 Å². The SMILES string of the molecule is CCCN(CCC)C(=O)Cc1ccc(S(C)(=O)=O)cc1. The molecular weight excluding hydrogens is 274 g/mol. The lowest BCUT2D eigenvalue weighted by Gasteiger charge is -2.21. The maximum absolute atomic E-state index is 12.2. The highest BCUT2D eigenvalue weighted by Crippen LogP contribution is 2.11. The molecule has 0 aliphatic carbocycles. The predicted molar refractivity (Wildman–Crippen MR) is 80.4 cm³/mol. The number of carbonyl (C=O) groups excluding carboxylic acids is 1. The molecule has 0 saturated carbocycles. The van der Waals surface area contributed by atoms with E-state index in [0.717, 1.165) is 31.5 Å². The van der Waals surface area contributed by atoms with Crippen molar-refractivity contribution >= 4 is 15.7 Å². The van der Waals surface area contributed by atoms with E-state index in [-0.39, 0.29) is 10.8 Å². The van der Waals surface area contributed by atoms with Crippen LogP contribution in [-0.2, 0) is 21.1 Å². The van der Waals surface area contributed by atoms with Gasteiger partial charge in [0.1, 0.15) is 0 Å². The zero-order valence-electron chi connectivity index (χ0n) is 12.4. The number of sulfone groups is 1. The van der Waals surface area contributed by atoms with Crippen LogP contribution in [-0.4, -0.2) is 38.6 Å². The molecule has 1 rings (SSSR count). The molecule has 0 radical (unpaired) electrons. The minimum Gasteiger partial charge on any atom is -0.342 e. The van der Waals surface area contributed by atoms with Gasteiger partial charge in [-0.15, -0.1) is 0 Å². The maximum atomic E-state index is 12.2. The van der Waals surface area contributed by atoms with Crippen molar-refractivity contribution in [2.75, 3.05) is 19.3 Å². The van der Waals surface area contributed by atoms with Gasteiger partial charge in [0, 0.05) is 19.3 Å². The van der Waals surface area contributed by atoms with Gasteiger partial charge in [-0.05, 0) is 30.5 Å². The standard InChI is InChI=1S/C15H23NO3S/c1-4-10-16(11-5-2)15(17)12-13-6-8-14(9-7-13)20(3,18)19/h6-9H,4-5,10-12H2,1-3H3. The summed E-state index contributed by atoms with van der Waals surface area (Å²) in [4.78, 5) is 14.3. The summed E-state index contributed by atoms with van der Waals surface area (Å²) in [5.74, 6) is 0.0980. The normalized spacial score (nSPS) is 11.3. The highest BCUT2D eigenvalue weighted by molar-refractivity contribution is 7.90. The third-order valence-corrected chi connectivity index (χ3v) is 4.18. The van der Waals surface area contributed by atoms with Crippen LogP contribution >= 0.6 is 0 Å². The lowest BCUT2D eigenvalue weighted by Crippen LogP contribution is -2.33. The molecule has 0 aliphatic heterocycles. The van der Waals surface area contributed by atoms with Gasteiger partial charge in [0.25, 0.3) is 0 Å². The van der Waals surface area contributed by atoms with Gasteiger partial charge in [-0.2, -0.15) is 0 Å². The lowest BCUT2D eigenvalue weighted by atomic mass is 10.1. The number of rotatable bonds is 7. The third-order valence-electron chi connectivity index (χ3n) is 3.05. The molecule has 0 bridgehead atoms. The Morgan fingerprint density at radius 2 is 1.55 bits per heavy atom. The molecular formula is C15H23NO3S. The fraction of sp³-hybridized carbons (Fsp3) is 0.533. The van der Waals surface area contributed by atoms with Crippen molar-refractivity contribution in [1.29, 1.82) is 0 Å². The first kappa shape index (κ1) is 16.7. The van der Waals surface area contributed by atoms with E-state index < -0.39 is 9.84 Å². The average molecular weight is 297 g/mol. The van der Waals surface area contributed by atoms with Crippen LogP contribution in [0.2, 0.25) is 0 Å². The molecule has 20 heavy (non-hydrogen) atoms. The summed E-state index contributed by atoms with van der Waals surface area (Å²) in [5, 5.41) is 0. The monoisotopic (exact) mass is 297 g/mol. The van der Waals surface area contributed by atoms with Crippen molar-refractivity contribution in [3.63, 3.8) is 0 Å². The molecule has 4 nitrogen and oxygen atoms in total. The van der Waals surface area contributed by atoms with E-state index in [1.165, 1.54) is 6.26 Å². The summed E-state index contributed by atoms with van der Waals surface area (Å²) in [6, 6.07) is 6.54. The summed E-state index contributed by atoms with van der Waals surface area (Å²) >= 11 is 0. The zero-order chi connectivity index (χ0) is 15.2. The fourth-order valence-corrected chi connectivity index (χ4v) is 2.67. The van der Waals surface area contributed by atoms with Gasteiger partial charge >= 0.3 is 0 Å². The summed E-state index contributed by atoms with van der Waals surface area (Å²) in [6.07, 6.45) is 3.39. The van der Waals surface area contributed by atoms with Crippen LogP contribution in [0.25, 0.3) is 0 Å². The molecule has 0 heterocycles. The molecule has 1 aromatic carbocycles. The van der Waals surface area contributed by atoms with Crippen LogP contribution in [0.4, 0.5) is 0 Å². The van der Waals surface area contributed by atoms with Gasteiger partial charge in [0.2, 0.25) is 5.91 Å². The molecule has 0 aromatic heterocycles.